The third kappa shape index (κ3) is 1.84. The Morgan fingerprint density at radius 3 is 2.76 bits per heavy atom. The summed E-state index contributed by atoms with van der Waals surface area (Å²) in [6, 6.07) is 4.21. The molecule has 0 saturated heterocycles. The predicted octanol–water partition coefficient (Wildman–Crippen LogP) is 2.73. The van der Waals surface area contributed by atoms with Crippen molar-refractivity contribution >= 4 is 5.65 Å². The van der Waals surface area contributed by atoms with E-state index < -0.39 is 11.7 Å². The Bertz CT molecular complexity index is 605. The smallest absolute Gasteiger partial charge is 0.302 e. The maximum absolute atomic E-state index is 12.7. The second-order valence-electron chi connectivity index (χ2n) is 3.59. The van der Waals surface area contributed by atoms with E-state index in [-0.39, 0.29) is 12.1 Å². The van der Waals surface area contributed by atoms with Gasteiger partial charge in [0.15, 0.2) is 0 Å². The van der Waals surface area contributed by atoms with Gasteiger partial charge in [-0.05, 0) is 19.1 Å². The maximum Gasteiger partial charge on any atom is 0.419 e. The number of aromatic nitrogens is 2. The van der Waals surface area contributed by atoms with Gasteiger partial charge in [-0.1, -0.05) is 0 Å². The highest BCUT2D eigenvalue weighted by Gasteiger charge is 2.34. The number of hydrogen-bond donors (Lipinski definition) is 0. The topological polar surface area (TPSA) is 41.1 Å². The number of hydrogen-bond acceptors (Lipinski definition) is 2. The highest BCUT2D eigenvalue weighted by Crippen LogP contribution is 2.32. The second kappa shape index (κ2) is 3.77. The maximum atomic E-state index is 12.7. The number of imidazole rings is 1. The molecule has 0 fully saturated rings. The van der Waals surface area contributed by atoms with E-state index >= 15 is 0 Å². The van der Waals surface area contributed by atoms with E-state index in [4.69, 9.17) is 5.26 Å². The van der Waals surface area contributed by atoms with E-state index in [0.29, 0.717) is 11.4 Å². The normalized spacial score (nSPS) is 11.7. The number of nitriles is 1. The van der Waals surface area contributed by atoms with Crippen LogP contribution >= 0.6 is 0 Å². The quantitative estimate of drug-likeness (QED) is 0.767. The molecule has 0 unspecified atom stereocenters. The Morgan fingerprint density at radius 2 is 2.18 bits per heavy atom. The molecule has 2 aromatic heterocycles. The van der Waals surface area contributed by atoms with Gasteiger partial charge in [-0.25, -0.2) is 4.98 Å². The van der Waals surface area contributed by atoms with Crippen molar-refractivity contribution in [3.05, 3.63) is 35.3 Å². The molecule has 0 radical (unpaired) electrons. The van der Waals surface area contributed by atoms with Gasteiger partial charge in [0.25, 0.3) is 0 Å². The Balaban J connectivity index is 2.77. The summed E-state index contributed by atoms with van der Waals surface area (Å²) in [7, 11) is 0. The molecular formula is C11H8F3N3. The summed E-state index contributed by atoms with van der Waals surface area (Å²) in [6.45, 7) is 1.60. The minimum absolute atomic E-state index is 0.0360. The summed E-state index contributed by atoms with van der Waals surface area (Å²) in [4.78, 5) is 3.89. The fourth-order valence-electron chi connectivity index (χ4n) is 1.74. The first-order valence-corrected chi connectivity index (χ1v) is 4.86. The highest BCUT2D eigenvalue weighted by molar-refractivity contribution is 5.52. The van der Waals surface area contributed by atoms with Gasteiger partial charge in [-0.15, -0.1) is 0 Å². The van der Waals surface area contributed by atoms with Crippen molar-refractivity contribution < 1.29 is 13.2 Å². The molecule has 0 spiro atoms. The lowest BCUT2D eigenvalue weighted by Gasteiger charge is -2.07. The molecular weight excluding hydrogens is 231 g/mol. The van der Waals surface area contributed by atoms with Crippen LogP contribution in [-0.2, 0) is 12.6 Å². The zero-order valence-electron chi connectivity index (χ0n) is 8.91. The summed E-state index contributed by atoms with van der Waals surface area (Å²) < 4.78 is 39.5. The van der Waals surface area contributed by atoms with Gasteiger partial charge in [-0.2, -0.15) is 18.4 Å². The lowest BCUT2D eigenvalue weighted by molar-refractivity contribution is -0.136. The number of halogens is 3. The van der Waals surface area contributed by atoms with Crippen molar-refractivity contribution in [1.82, 2.24) is 9.38 Å². The molecule has 0 N–H and O–H groups in total. The van der Waals surface area contributed by atoms with Crippen LogP contribution in [0.3, 0.4) is 0 Å². The van der Waals surface area contributed by atoms with Gasteiger partial charge in [0.1, 0.15) is 5.65 Å². The minimum atomic E-state index is -4.44. The van der Waals surface area contributed by atoms with Crippen molar-refractivity contribution in [2.75, 3.05) is 0 Å². The molecule has 0 aliphatic carbocycles. The second-order valence-corrected chi connectivity index (χ2v) is 3.59. The molecule has 3 nitrogen and oxygen atoms in total. The van der Waals surface area contributed by atoms with Crippen molar-refractivity contribution in [2.45, 2.75) is 19.5 Å². The summed E-state index contributed by atoms with van der Waals surface area (Å²) in [5.41, 5.74) is 0.00638. The molecule has 0 aliphatic rings. The van der Waals surface area contributed by atoms with Gasteiger partial charge >= 0.3 is 6.18 Å². The fraction of sp³-hybridized carbons (Fsp3) is 0.273. The summed E-state index contributed by atoms with van der Waals surface area (Å²) >= 11 is 0. The van der Waals surface area contributed by atoms with Crippen LogP contribution in [0.25, 0.3) is 5.65 Å². The Hall–Kier alpha value is -2.03. The minimum Gasteiger partial charge on any atom is -0.302 e. The lowest BCUT2D eigenvalue weighted by Crippen LogP contribution is -2.07. The van der Waals surface area contributed by atoms with E-state index in [1.807, 2.05) is 6.07 Å². The highest BCUT2D eigenvalue weighted by atomic mass is 19.4. The van der Waals surface area contributed by atoms with Crippen molar-refractivity contribution in [3.8, 4) is 6.07 Å². The monoisotopic (exact) mass is 239 g/mol. The molecule has 2 aromatic rings. The van der Waals surface area contributed by atoms with Crippen LogP contribution in [-0.4, -0.2) is 9.38 Å². The third-order valence-electron chi connectivity index (χ3n) is 2.50. The number of nitrogens with zero attached hydrogens (tertiary/aromatic N) is 3. The average Bonchev–Trinajstić information content (AvgIpc) is 2.54. The molecule has 0 atom stereocenters. The van der Waals surface area contributed by atoms with Gasteiger partial charge in [-0.3, -0.25) is 0 Å². The lowest BCUT2D eigenvalue weighted by atomic mass is 10.2. The van der Waals surface area contributed by atoms with E-state index in [1.54, 1.807) is 6.92 Å². The first-order chi connectivity index (χ1) is 7.95. The number of rotatable bonds is 1. The molecule has 6 heteroatoms. The number of fused-ring (bicyclic) bond motifs is 1. The molecule has 17 heavy (non-hydrogen) atoms. The number of pyridine rings is 1. The standard InChI is InChI=1S/C11H8F3N3/c1-7-9(4-5-15)17-6-2-3-8(10(17)16-7)11(12,13)14/h2-3,6H,4H2,1H3. The molecule has 2 heterocycles. The first-order valence-electron chi connectivity index (χ1n) is 4.86. The van der Waals surface area contributed by atoms with Crippen LogP contribution in [0.5, 0.6) is 0 Å². The molecule has 88 valence electrons. The van der Waals surface area contributed by atoms with E-state index in [9.17, 15) is 13.2 Å². The largest absolute Gasteiger partial charge is 0.419 e. The molecule has 2 rings (SSSR count). The fourth-order valence-corrected chi connectivity index (χ4v) is 1.74. The summed E-state index contributed by atoms with van der Waals surface area (Å²) in [6.07, 6.45) is -2.92. The number of aryl methyl sites for hydroxylation is 1. The molecule has 0 aliphatic heterocycles. The van der Waals surface area contributed by atoms with E-state index in [2.05, 4.69) is 4.98 Å². The first kappa shape index (κ1) is 11.5. The Morgan fingerprint density at radius 1 is 1.47 bits per heavy atom. The zero-order chi connectivity index (χ0) is 12.6. The van der Waals surface area contributed by atoms with Crippen LogP contribution in [0.15, 0.2) is 18.3 Å². The number of alkyl halides is 3. The SMILES string of the molecule is Cc1nc2c(C(F)(F)F)cccn2c1CC#N. The average molecular weight is 239 g/mol. The zero-order valence-corrected chi connectivity index (χ0v) is 8.91. The molecule has 0 bridgehead atoms. The van der Waals surface area contributed by atoms with Crippen molar-refractivity contribution in [2.24, 2.45) is 0 Å². The predicted molar refractivity (Wildman–Crippen MR) is 54.2 cm³/mol. The van der Waals surface area contributed by atoms with Crippen LogP contribution in [0.1, 0.15) is 17.0 Å². The summed E-state index contributed by atoms with van der Waals surface area (Å²) in [5, 5.41) is 8.64. The van der Waals surface area contributed by atoms with Crippen LogP contribution in [0, 0.1) is 18.3 Å². The molecule has 0 saturated carbocycles. The summed E-state index contributed by atoms with van der Waals surface area (Å²) in [5.74, 6) is 0. The van der Waals surface area contributed by atoms with Crippen LogP contribution < -0.4 is 0 Å². The molecule has 0 amide bonds. The third-order valence-corrected chi connectivity index (χ3v) is 2.50. The Kier molecular flexibility index (Phi) is 2.54. The van der Waals surface area contributed by atoms with E-state index in [0.717, 1.165) is 6.07 Å². The Labute approximate surface area is 95.1 Å². The van der Waals surface area contributed by atoms with E-state index in [1.165, 1.54) is 16.7 Å². The van der Waals surface area contributed by atoms with Crippen molar-refractivity contribution in [3.63, 3.8) is 0 Å². The van der Waals surface area contributed by atoms with Crippen molar-refractivity contribution in [1.29, 1.82) is 5.26 Å². The van der Waals surface area contributed by atoms with Crippen LogP contribution in [0.2, 0.25) is 0 Å². The van der Waals surface area contributed by atoms with Gasteiger partial charge in [0, 0.05) is 6.20 Å². The van der Waals surface area contributed by atoms with Gasteiger partial charge in [0.2, 0.25) is 0 Å². The van der Waals surface area contributed by atoms with Gasteiger partial charge < -0.3 is 4.40 Å². The van der Waals surface area contributed by atoms with Crippen LogP contribution in [0.4, 0.5) is 13.2 Å². The molecule has 0 aromatic carbocycles. The van der Waals surface area contributed by atoms with Gasteiger partial charge in [0.05, 0.1) is 29.4 Å².